The molecule has 1 aromatic carbocycles. The van der Waals surface area contributed by atoms with Crippen molar-refractivity contribution in [1.82, 2.24) is 0 Å². The third kappa shape index (κ3) is 5.72. The zero-order chi connectivity index (χ0) is 18.2. The van der Waals surface area contributed by atoms with Crippen LogP contribution in [0.4, 0.5) is 11.4 Å². The van der Waals surface area contributed by atoms with Crippen LogP contribution < -0.4 is 10.2 Å². The summed E-state index contributed by atoms with van der Waals surface area (Å²) in [6, 6.07) is 4.74. The van der Waals surface area contributed by atoms with Crippen LogP contribution in [-0.4, -0.2) is 56.5 Å². The average Bonchev–Trinajstić information content (AvgIpc) is 2.60. The summed E-state index contributed by atoms with van der Waals surface area (Å²) in [6.45, 7) is 4.30. The van der Waals surface area contributed by atoms with Gasteiger partial charge in [0.2, 0.25) is 5.91 Å². The number of nitrogens with zero attached hydrogens (tertiary/aromatic N) is 1. The van der Waals surface area contributed by atoms with Gasteiger partial charge in [0.15, 0.2) is 0 Å². The van der Waals surface area contributed by atoms with Crippen molar-refractivity contribution in [2.75, 3.05) is 43.6 Å². The minimum atomic E-state index is -1.03. The van der Waals surface area contributed by atoms with Gasteiger partial charge in [-0.2, -0.15) is 0 Å². The van der Waals surface area contributed by atoms with Crippen LogP contribution in [0.3, 0.4) is 0 Å². The van der Waals surface area contributed by atoms with E-state index in [-0.39, 0.29) is 17.6 Å². The molecule has 0 unspecified atom stereocenters. The van der Waals surface area contributed by atoms with Crippen molar-refractivity contribution in [2.45, 2.75) is 32.3 Å². The molecule has 7 nitrogen and oxygen atoms in total. The molecule has 0 radical (unpaired) electrons. The Kier molecular flexibility index (Phi) is 7.21. The van der Waals surface area contributed by atoms with Crippen LogP contribution >= 0.6 is 0 Å². The molecule has 25 heavy (non-hydrogen) atoms. The number of nitrogens with one attached hydrogen (secondary N) is 1. The summed E-state index contributed by atoms with van der Waals surface area (Å²) >= 11 is 0. The first kappa shape index (κ1) is 19.2. The van der Waals surface area contributed by atoms with Crippen LogP contribution in [0.25, 0.3) is 0 Å². The topological polar surface area (TPSA) is 88.1 Å². The number of benzene rings is 1. The van der Waals surface area contributed by atoms with E-state index in [4.69, 9.17) is 9.47 Å². The molecule has 138 valence electrons. The number of carbonyl (C=O) groups is 2. The SMILES string of the molecule is CCCCC(=O)Nc1cc(C(=O)O)ccc1N(C)C[C@H]1COCCO1. The highest BCUT2D eigenvalue weighted by molar-refractivity contribution is 5.97. The summed E-state index contributed by atoms with van der Waals surface area (Å²) in [5, 5.41) is 12.1. The van der Waals surface area contributed by atoms with E-state index in [1.165, 1.54) is 12.1 Å². The van der Waals surface area contributed by atoms with Crippen molar-refractivity contribution >= 4 is 23.3 Å². The van der Waals surface area contributed by atoms with Crippen LogP contribution in [0.15, 0.2) is 18.2 Å². The third-order valence-corrected chi connectivity index (χ3v) is 4.05. The Balaban J connectivity index is 2.16. The molecule has 1 heterocycles. The van der Waals surface area contributed by atoms with E-state index >= 15 is 0 Å². The number of rotatable bonds is 8. The lowest BCUT2D eigenvalue weighted by Crippen LogP contribution is -2.38. The lowest BCUT2D eigenvalue weighted by atomic mass is 10.1. The molecular weight excluding hydrogens is 324 g/mol. The van der Waals surface area contributed by atoms with Crippen molar-refractivity contribution in [2.24, 2.45) is 0 Å². The Labute approximate surface area is 147 Å². The highest BCUT2D eigenvalue weighted by atomic mass is 16.6. The van der Waals surface area contributed by atoms with Gasteiger partial charge < -0.3 is 24.8 Å². The van der Waals surface area contributed by atoms with E-state index in [2.05, 4.69) is 5.32 Å². The molecule has 1 atom stereocenters. The summed E-state index contributed by atoms with van der Waals surface area (Å²) in [5.41, 5.74) is 1.39. The molecule has 0 aromatic heterocycles. The van der Waals surface area contributed by atoms with Crippen LogP contribution in [0.2, 0.25) is 0 Å². The molecule has 2 N–H and O–H groups in total. The van der Waals surface area contributed by atoms with E-state index in [9.17, 15) is 14.7 Å². The maximum atomic E-state index is 12.1. The molecule has 1 fully saturated rings. The maximum Gasteiger partial charge on any atom is 0.335 e. The van der Waals surface area contributed by atoms with Gasteiger partial charge in [-0.1, -0.05) is 13.3 Å². The predicted octanol–water partition coefficient (Wildman–Crippen LogP) is 2.37. The van der Waals surface area contributed by atoms with Crippen molar-refractivity contribution in [1.29, 1.82) is 0 Å². The van der Waals surface area contributed by atoms with Gasteiger partial charge in [-0.3, -0.25) is 4.79 Å². The third-order valence-electron chi connectivity index (χ3n) is 4.05. The first-order valence-electron chi connectivity index (χ1n) is 8.59. The number of anilines is 2. The lowest BCUT2D eigenvalue weighted by Gasteiger charge is -2.30. The van der Waals surface area contributed by atoms with Crippen LogP contribution in [0.5, 0.6) is 0 Å². The monoisotopic (exact) mass is 350 g/mol. The summed E-state index contributed by atoms with van der Waals surface area (Å²) in [6.07, 6.45) is 2.08. The zero-order valence-electron chi connectivity index (χ0n) is 14.8. The second-order valence-electron chi connectivity index (χ2n) is 6.14. The van der Waals surface area contributed by atoms with Gasteiger partial charge in [-0.25, -0.2) is 4.79 Å². The molecule has 1 aromatic rings. The maximum absolute atomic E-state index is 12.1. The molecular formula is C18H26N2O5. The van der Waals surface area contributed by atoms with Gasteiger partial charge in [0, 0.05) is 20.0 Å². The van der Waals surface area contributed by atoms with E-state index < -0.39 is 5.97 Å². The normalized spacial score (nSPS) is 17.1. The average molecular weight is 350 g/mol. The second kappa shape index (κ2) is 9.39. The lowest BCUT2D eigenvalue weighted by molar-refractivity contribution is -0.116. The van der Waals surface area contributed by atoms with Crippen molar-refractivity contribution in [3.8, 4) is 0 Å². The van der Waals surface area contributed by atoms with E-state index in [0.717, 1.165) is 18.5 Å². The van der Waals surface area contributed by atoms with Crippen molar-refractivity contribution in [3.05, 3.63) is 23.8 Å². The first-order chi connectivity index (χ1) is 12.0. The van der Waals surface area contributed by atoms with E-state index in [0.29, 0.717) is 38.5 Å². The Morgan fingerprint density at radius 2 is 2.16 bits per heavy atom. The summed E-state index contributed by atoms with van der Waals surface area (Å²) < 4.78 is 11.1. The molecule has 0 spiro atoms. The largest absolute Gasteiger partial charge is 0.478 e. The number of hydrogen-bond acceptors (Lipinski definition) is 5. The minimum absolute atomic E-state index is 0.0541. The van der Waals surface area contributed by atoms with Crippen molar-refractivity contribution < 1.29 is 24.2 Å². The Bertz CT molecular complexity index is 599. The zero-order valence-corrected chi connectivity index (χ0v) is 14.8. The highest BCUT2D eigenvalue weighted by Gasteiger charge is 2.19. The predicted molar refractivity (Wildman–Crippen MR) is 95.4 cm³/mol. The van der Waals surface area contributed by atoms with Crippen LogP contribution in [0, 0.1) is 0 Å². The number of carbonyl (C=O) groups excluding carboxylic acids is 1. The molecule has 1 saturated heterocycles. The Morgan fingerprint density at radius 1 is 1.36 bits per heavy atom. The van der Waals surface area contributed by atoms with Crippen LogP contribution in [-0.2, 0) is 14.3 Å². The fourth-order valence-electron chi connectivity index (χ4n) is 2.70. The fraction of sp³-hybridized carbons (Fsp3) is 0.556. The van der Waals surface area contributed by atoms with Gasteiger partial charge >= 0.3 is 5.97 Å². The molecule has 7 heteroatoms. The smallest absolute Gasteiger partial charge is 0.335 e. The fourth-order valence-corrected chi connectivity index (χ4v) is 2.70. The summed E-state index contributed by atoms with van der Waals surface area (Å²) in [7, 11) is 1.88. The number of likely N-dealkylation sites (N-methyl/N-ethyl adjacent to an activating group) is 1. The van der Waals surface area contributed by atoms with Gasteiger partial charge in [0.1, 0.15) is 0 Å². The number of carboxylic acid groups (broad SMARTS) is 1. The van der Waals surface area contributed by atoms with Gasteiger partial charge in [0.05, 0.1) is 42.9 Å². The molecule has 1 aliphatic rings. The molecule has 0 saturated carbocycles. The standard InChI is InChI=1S/C18H26N2O5/c1-3-4-5-17(21)19-15-10-13(18(22)23)6-7-16(15)20(2)11-14-12-24-8-9-25-14/h6-7,10,14H,3-5,8-9,11-12H2,1-2H3,(H,19,21)(H,22,23)/t14-/m0/s1. The van der Waals surface area contributed by atoms with Crippen molar-refractivity contribution in [3.63, 3.8) is 0 Å². The van der Waals surface area contributed by atoms with Crippen LogP contribution in [0.1, 0.15) is 36.5 Å². The molecule has 0 aliphatic carbocycles. The number of hydrogen-bond donors (Lipinski definition) is 2. The Hall–Kier alpha value is -2.12. The van der Waals surface area contributed by atoms with Gasteiger partial charge in [-0.05, 0) is 24.6 Å². The highest BCUT2D eigenvalue weighted by Crippen LogP contribution is 2.27. The van der Waals surface area contributed by atoms with E-state index in [1.54, 1.807) is 6.07 Å². The Morgan fingerprint density at radius 3 is 2.80 bits per heavy atom. The number of amides is 1. The second-order valence-corrected chi connectivity index (χ2v) is 6.14. The molecule has 1 aliphatic heterocycles. The first-order valence-corrected chi connectivity index (χ1v) is 8.59. The van der Waals surface area contributed by atoms with E-state index in [1.807, 2.05) is 18.9 Å². The quantitative estimate of drug-likeness (QED) is 0.748. The minimum Gasteiger partial charge on any atom is -0.478 e. The molecule has 0 bridgehead atoms. The number of unbranched alkanes of at least 4 members (excludes halogenated alkanes) is 1. The van der Waals surface area contributed by atoms with Gasteiger partial charge in [0.25, 0.3) is 0 Å². The number of aromatic carboxylic acids is 1. The summed E-state index contributed by atoms with van der Waals surface area (Å²) in [5.74, 6) is -1.14. The molecule has 2 rings (SSSR count). The molecule has 1 amide bonds. The number of ether oxygens (including phenoxy) is 2. The number of carboxylic acids is 1. The summed E-state index contributed by atoms with van der Waals surface area (Å²) in [4.78, 5) is 25.3. The van der Waals surface area contributed by atoms with Gasteiger partial charge in [-0.15, -0.1) is 0 Å².